The second-order valence-electron chi connectivity index (χ2n) is 4.91. The van der Waals surface area contributed by atoms with Crippen LogP contribution < -0.4 is 0 Å². The summed E-state index contributed by atoms with van der Waals surface area (Å²) in [6, 6.07) is 1.90. The molecule has 0 aromatic carbocycles. The van der Waals surface area contributed by atoms with Gasteiger partial charge in [0.15, 0.2) is 6.29 Å². The number of hydrogen-bond donors (Lipinski definition) is 0. The number of aldehydes is 1. The van der Waals surface area contributed by atoms with Crippen molar-refractivity contribution >= 4 is 6.29 Å². The molecule has 0 saturated carbocycles. The van der Waals surface area contributed by atoms with Gasteiger partial charge in [0.05, 0.1) is 11.3 Å². The number of nitrogens with zero attached hydrogens (tertiary/aromatic N) is 4. The highest BCUT2D eigenvalue weighted by Crippen LogP contribution is 2.21. The van der Waals surface area contributed by atoms with Gasteiger partial charge in [-0.1, -0.05) is 13.0 Å². The molecule has 1 unspecified atom stereocenters. The molecule has 0 aliphatic carbocycles. The van der Waals surface area contributed by atoms with E-state index in [-0.39, 0.29) is 5.92 Å². The third-order valence-electron chi connectivity index (χ3n) is 3.06. The summed E-state index contributed by atoms with van der Waals surface area (Å²) in [5.41, 5.74) is 3.07. The topological polar surface area (TPSA) is 60.7 Å². The van der Waals surface area contributed by atoms with Crippen LogP contribution in [0, 0.1) is 13.8 Å². The van der Waals surface area contributed by atoms with Gasteiger partial charge in [-0.3, -0.25) is 4.79 Å². The summed E-state index contributed by atoms with van der Waals surface area (Å²) < 4.78 is 1.57. The zero-order chi connectivity index (χ0) is 14.7. The maximum absolute atomic E-state index is 11.2. The van der Waals surface area contributed by atoms with Crippen LogP contribution in [0.1, 0.15) is 46.7 Å². The normalized spacial score (nSPS) is 12.2. The Hall–Kier alpha value is -2.30. The average Bonchev–Trinajstić information content (AvgIpc) is 2.82. The average molecular weight is 270 g/mol. The zero-order valence-electron chi connectivity index (χ0n) is 12.0. The summed E-state index contributed by atoms with van der Waals surface area (Å²) in [7, 11) is 0. The van der Waals surface area contributed by atoms with Crippen molar-refractivity contribution in [2.75, 3.05) is 0 Å². The Balaban J connectivity index is 2.47. The third kappa shape index (κ3) is 2.82. The number of carbonyl (C=O) groups excluding carboxylic acids is 1. The van der Waals surface area contributed by atoms with Gasteiger partial charge in [-0.05, 0) is 26.3 Å². The van der Waals surface area contributed by atoms with E-state index in [0.29, 0.717) is 11.5 Å². The molecule has 5 heteroatoms. The monoisotopic (exact) mass is 270 g/mol. The summed E-state index contributed by atoms with van der Waals surface area (Å²) in [6.45, 7) is 9.55. The van der Waals surface area contributed by atoms with Gasteiger partial charge >= 0.3 is 0 Å². The lowest BCUT2D eigenvalue weighted by Crippen LogP contribution is -2.05. The number of carbonyl (C=O) groups is 1. The molecule has 2 heterocycles. The van der Waals surface area contributed by atoms with Crippen LogP contribution in [0.25, 0.3) is 5.95 Å². The molecule has 0 spiro atoms. The molecular formula is C15H18N4O. The maximum atomic E-state index is 11.2. The van der Waals surface area contributed by atoms with Crippen LogP contribution in [0.3, 0.4) is 0 Å². The predicted molar refractivity (Wildman–Crippen MR) is 77.2 cm³/mol. The molecule has 5 nitrogen and oxygen atoms in total. The molecule has 0 fully saturated rings. The van der Waals surface area contributed by atoms with E-state index >= 15 is 0 Å². The summed E-state index contributed by atoms with van der Waals surface area (Å²) in [5.74, 6) is 0.627. The van der Waals surface area contributed by atoms with E-state index in [4.69, 9.17) is 0 Å². The molecule has 0 bridgehead atoms. The Kier molecular flexibility index (Phi) is 4.08. The number of allylic oxidation sites excluding steroid dienone is 1. The first kappa shape index (κ1) is 14.1. The minimum atomic E-state index is 0.139. The van der Waals surface area contributed by atoms with Crippen molar-refractivity contribution in [3.8, 4) is 5.95 Å². The van der Waals surface area contributed by atoms with E-state index in [0.717, 1.165) is 29.8 Å². The van der Waals surface area contributed by atoms with Gasteiger partial charge in [0, 0.05) is 23.5 Å². The molecule has 0 N–H and O–H groups in total. The predicted octanol–water partition coefficient (Wildman–Crippen LogP) is 2.77. The van der Waals surface area contributed by atoms with Crippen LogP contribution in [-0.4, -0.2) is 26.0 Å². The number of aromatic nitrogens is 4. The highest BCUT2D eigenvalue weighted by atomic mass is 16.1. The first-order valence-corrected chi connectivity index (χ1v) is 6.53. The first-order valence-electron chi connectivity index (χ1n) is 6.53. The Morgan fingerprint density at radius 3 is 2.55 bits per heavy atom. The van der Waals surface area contributed by atoms with Crippen LogP contribution in [0.5, 0.6) is 0 Å². The molecule has 0 radical (unpaired) electrons. The van der Waals surface area contributed by atoms with Crippen LogP contribution >= 0.6 is 0 Å². The van der Waals surface area contributed by atoms with Crippen molar-refractivity contribution in [2.45, 2.75) is 33.1 Å². The minimum absolute atomic E-state index is 0.139. The highest BCUT2D eigenvalue weighted by Gasteiger charge is 2.16. The van der Waals surface area contributed by atoms with Gasteiger partial charge in [-0.25, -0.2) is 14.6 Å². The molecule has 2 rings (SSSR count). The molecular weight excluding hydrogens is 252 g/mol. The molecule has 0 amide bonds. The van der Waals surface area contributed by atoms with Crippen molar-refractivity contribution < 1.29 is 4.79 Å². The number of hydrogen-bond acceptors (Lipinski definition) is 4. The van der Waals surface area contributed by atoms with Gasteiger partial charge in [-0.15, -0.1) is 6.58 Å². The van der Waals surface area contributed by atoms with Gasteiger partial charge in [0.1, 0.15) is 0 Å². The molecule has 0 aliphatic heterocycles. The van der Waals surface area contributed by atoms with E-state index in [2.05, 4.69) is 21.6 Å². The highest BCUT2D eigenvalue weighted by molar-refractivity contribution is 5.76. The van der Waals surface area contributed by atoms with Crippen LogP contribution in [-0.2, 0) is 0 Å². The van der Waals surface area contributed by atoms with E-state index in [1.165, 1.54) is 0 Å². The molecule has 2 aromatic heterocycles. The zero-order valence-corrected chi connectivity index (χ0v) is 12.0. The number of rotatable bonds is 5. The smallest absolute Gasteiger partial charge is 0.250 e. The van der Waals surface area contributed by atoms with Crippen LogP contribution in [0.2, 0.25) is 0 Å². The molecule has 2 aromatic rings. The standard InChI is InChI=1S/C15H18N4O/c1-5-6-10(2)14-13(9-20)8-19(18-14)15-16-11(3)7-12(4)17-15/h5,7-10H,1,6H2,2-4H3. The summed E-state index contributed by atoms with van der Waals surface area (Å²) >= 11 is 0. The van der Waals surface area contributed by atoms with Crippen molar-refractivity contribution in [1.82, 2.24) is 19.7 Å². The third-order valence-corrected chi connectivity index (χ3v) is 3.06. The van der Waals surface area contributed by atoms with E-state index in [1.54, 1.807) is 10.9 Å². The summed E-state index contributed by atoms with van der Waals surface area (Å²) in [6.07, 6.45) is 5.09. The molecule has 20 heavy (non-hydrogen) atoms. The first-order chi connectivity index (χ1) is 9.55. The second kappa shape index (κ2) is 5.77. The van der Waals surface area contributed by atoms with Crippen molar-refractivity contribution in [3.05, 3.63) is 47.6 Å². The molecule has 0 saturated heterocycles. The fourth-order valence-corrected chi connectivity index (χ4v) is 2.15. The second-order valence-corrected chi connectivity index (χ2v) is 4.91. The van der Waals surface area contributed by atoms with Crippen molar-refractivity contribution in [3.63, 3.8) is 0 Å². The van der Waals surface area contributed by atoms with E-state index in [1.807, 2.05) is 32.9 Å². The number of aryl methyl sites for hydroxylation is 2. The fraction of sp³-hybridized carbons (Fsp3) is 0.333. The summed E-state index contributed by atoms with van der Waals surface area (Å²) in [4.78, 5) is 19.9. The quantitative estimate of drug-likeness (QED) is 0.619. The molecule has 0 aliphatic rings. The Morgan fingerprint density at radius 1 is 1.35 bits per heavy atom. The van der Waals surface area contributed by atoms with E-state index in [9.17, 15) is 4.79 Å². The lowest BCUT2D eigenvalue weighted by Gasteiger charge is -2.05. The molecule has 1 atom stereocenters. The van der Waals surface area contributed by atoms with Gasteiger partial charge < -0.3 is 0 Å². The van der Waals surface area contributed by atoms with Gasteiger partial charge in [0.2, 0.25) is 0 Å². The van der Waals surface area contributed by atoms with E-state index < -0.39 is 0 Å². The summed E-state index contributed by atoms with van der Waals surface area (Å²) in [5, 5.41) is 4.46. The largest absolute Gasteiger partial charge is 0.298 e. The Bertz CT molecular complexity index is 625. The SMILES string of the molecule is C=CCC(C)c1nn(-c2nc(C)cc(C)n2)cc1C=O. The fourth-order valence-electron chi connectivity index (χ4n) is 2.15. The van der Waals surface area contributed by atoms with Gasteiger partial charge in [0.25, 0.3) is 5.95 Å². The molecule has 104 valence electrons. The van der Waals surface area contributed by atoms with Gasteiger partial charge in [-0.2, -0.15) is 5.10 Å². The van der Waals surface area contributed by atoms with Crippen molar-refractivity contribution in [1.29, 1.82) is 0 Å². The van der Waals surface area contributed by atoms with Crippen molar-refractivity contribution in [2.24, 2.45) is 0 Å². The Labute approximate surface area is 118 Å². The lowest BCUT2D eigenvalue weighted by molar-refractivity contribution is 0.112. The minimum Gasteiger partial charge on any atom is -0.298 e. The van der Waals surface area contributed by atoms with Crippen LogP contribution in [0.15, 0.2) is 24.9 Å². The maximum Gasteiger partial charge on any atom is 0.250 e. The Morgan fingerprint density at radius 2 is 2.00 bits per heavy atom. The lowest BCUT2D eigenvalue weighted by atomic mass is 10.0. The van der Waals surface area contributed by atoms with Crippen LogP contribution in [0.4, 0.5) is 0 Å².